The number of likely N-dealkylation sites (tertiary alicyclic amines) is 1. The van der Waals surface area contributed by atoms with Gasteiger partial charge in [0, 0.05) is 19.1 Å². The van der Waals surface area contributed by atoms with Gasteiger partial charge >= 0.3 is 0 Å². The number of amides is 1. The first kappa shape index (κ1) is 14.7. The SMILES string of the molecule is CNC1CCN(C(=O)c2cccc(OC)c2O)CC1C. The molecule has 5 nitrogen and oxygen atoms in total. The van der Waals surface area contributed by atoms with Gasteiger partial charge in [-0.05, 0) is 31.5 Å². The van der Waals surface area contributed by atoms with Gasteiger partial charge in [-0.3, -0.25) is 4.79 Å². The number of hydrogen-bond acceptors (Lipinski definition) is 4. The van der Waals surface area contributed by atoms with Crippen LogP contribution in [0.1, 0.15) is 23.7 Å². The molecule has 20 heavy (non-hydrogen) atoms. The fourth-order valence-corrected chi connectivity index (χ4v) is 2.79. The number of hydrogen-bond donors (Lipinski definition) is 2. The summed E-state index contributed by atoms with van der Waals surface area (Å²) in [5.74, 6) is 0.505. The molecule has 0 aliphatic carbocycles. The Morgan fingerprint density at radius 3 is 2.85 bits per heavy atom. The normalized spacial score (nSPS) is 22.6. The molecule has 110 valence electrons. The Morgan fingerprint density at radius 2 is 2.25 bits per heavy atom. The summed E-state index contributed by atoms with van der Waals surface area (Å²) in [5, 5.41) is 13.3. The van der Waals surface area contributed by atoms with Crippen LogP contribution in [0.5, 0.6) is 11.5 Å². The first-order valence-corrected chi connectivity index (χ1v) is 6.91. The zero-order valence-corrected chi connectivity index (χ0v) is 12.2. The Kier molecular flexibility index (Phi) is 4.49. The Bertz CT molecular complexity index is 490. The smallest absolute Gasteiger partial charge is 0.257 e. The molecule has 2 atom stereocenters. The number of nitrogens with zero attached hydrogens (tertiary/aromatic N) is 1. The standard InChI is InChI=1S/C15H22N2O3/c1-10-9-17(8-7-12(10)16-2)15(19)11-5-4-6-13(20-3)14(11)18/h4-6,10,12,16,18H,7-9H2,1-3H3. The fourth-order valence-electron chi connectivity index (χ4n) is 2.79. The summed E-state index contributed by atoms with van der Waals surface area (Å²) in [6, 6.07) is 5.44. The summed E-state index contributed by atoms with van der Waals surface area (Å²) in [6.45, 7) is 3.53. The first-order valence-electron chi connectivity index (χ1n) is 6.91. The maximum absolute atomic E-state index is 12.5. The molecule has 0 saturated carbocycles. The summed E-state index contributed by atoms with van der Waals surface area (Å²) in [4.78, 5) is 14.3. The van der Waals surface area contributed by atoms with Gasteiger partial charge in [-0.1, -0.05) is 13.0 Å². The third-order valence-electron chi connectivity index (χ3n) is 4.01. The lowest BCUT2D eigenvalue weighted by Crippen LogP contribution is -2.49. The second-order valence-electron chi connectivity index (χ2n) is 5.27. The van der Waals surface area contributed by atoms with Gasteiger partial charge in [-0.15, -0.1) is 0 Å². The van der Waals surface area contributed by atoms with Crippen molar-refractivity contribution in [3.63, 3.8) is 0 Å². The molecule has 1 aliphatic rings. The van der Waals surface area contributed by atoms with Crippen molar-refractivity contribution in [2.45, 2.75) is 19.4 Å². The number of piperidine rings is 1. The number of aromatic hydroxyl groups is 1. The number of para-hydroxylation sites is 1. The lowest BCUT2D eigenvalue weighted by Gasteiger charge is -2.37. The van der Waals surface area contributed by atoms with E-state index in [1.165, 1.54) is 7.11 Å². The minimum absolute atomic E-state index is 0.0802. The summed E-state index contributed by atoms with van der Waals surface area (Å²) in [7, 11) is 3.43. The van der Waals surface area contributed by atoms with Crippen molar-refractivity contribution in [2.24, 2.45) is 5.92 Å². The monoisotopic (exact) mass is 278 g/mol. The van der Waals surface area contributed by atoms with Crippen LogP contribution in [0.2, 0.25) is 0 Å². The molecule has 1 aromatic carbocycles. The zero-order chi connectivity index (χ0) is 14.7. The van der Waals surface area contributed by atoms with Crippen LogP contribution in [0.3, 0.4) is 0 Å². The van der Waals surface area contributed by atoms with E-state index >= 15 is 0 Å². The van der Waals surface area contributed by atoms with E-state index in [0.29, 0.717) is 36.4 Å². The van der Waals surface area contributed by atoms with Gasteiger partial charge in [0.2, 0.25) is 0 Å². The van der Waals surface area contributed by atoms with Crippen molar-refractivity contribution in [2.75, 3.05) is 27.2 Å². The Hall–Kier alpha value is -1.75. The van der Waals surface area contributed by atoms with E-state index in [1.54, 1.807) is 23.1 Å². The second kappa shape index (κ2) is 6.13. The van der Waals surface area contributed by atoms with E-state index in [-0.39, 0.29) is 11.7 Å². The van der Waals surface area contributed by atoms with Crippen molar-refractivity contribution in [1.29, 1.82) is 0 Å². The molecule has 2 rings (SSSR count). The van der Waals surface area contributed by atoms with Crippen molar-refractivity contribution in [3.05, 3.63) is 23.8 Å². The molecular weight excluding hydrogens is 256 g/mol. The summed E-state index contributed by atoms with van der Waals surface area (Å²) < 4.78 is 5.05. The lowest BCUT2D eigenvalue weighted by atomic mass is 9.93. The highest BCUT2D eigenvalue weighted by atomic mass is 16.5. The summed E-state index contributed by atoms with van der Waals surface area (Å²) in [5.41, 5.74) is 0.305. The molecule has 1 heterocycles. The summed E-state index contributed by atoms with van der Waals surface area (Å²) >= 11 is 0. The van der Waals surface area contributed by atoms with Crippen LogP contribution in [0.4, 0.5) is 0 Å². The lowest BCUT2D eigenvalue weighted by molar-refractivity contribution is 0.0645. The maximum atomic E-state index is 12.5. The van der Waals surface area contributed by atoms with Crippen LogP contribution in [-0.4, -0.2) is 49.2 Å². The molecule has 1 aliphatic heterocycles. The number of carbonyl (C=O) groups excluding carboxylic acids is 1. The van der Waals surface area contributed by atoms with E-state index in [4.69, 9.17) is 4.74 Å². The minimum Gasteiger partial charge on any atom is -0.504 e. The van der Waals surface area contributed by atoms with Crippen molar-refractivity contribution in [3.8, 4) is 11.5 Å². The molecule has 0 spiro atoms. The number of methoxy groups -OCH3 is 1. The molecule has 1 fully saturated rings. The fraction of sp³-hybridized carbons (Fsp3) is 0.533. The van der Waals surface area contributed by atoms with Gasteiger partial charge in [0.1, 0.15) is 0 Å². The zero-order valence-electron chi connectivity index (χ0n) is 12.2. The second-order valence-corrected chi connectivity index (χ2v) is 5.27. The predicted molar refractivity (Wildman–Crippen MR) is 77.2 cm³/mol. The molecule has 0 aromatic heterocycles. The van der Waals surface area contributed by atoms with Crippen LogP contribution in [-0.2, 0) is 0 Å². The van der Waals surface area contributed by atoms with E-state index < -0.39 is 0 Å². The van der Waals surface area contributed by atoms with Crippen LogP contribution in [0, 0.1) is 5.92 Å². The number of benzene rings is 1. The Balaban J connectivity index is 2.16. The Morgan fingerprint density at radius 1 is 1.50 bits per heavy atom. The highest BCUT2D eigenvalue weighted by Gasteiger charge is 2.29. The van der Waals surface area contributed by atoms with Crippen LogP contribution in [0.15, 0.2) is 18.2 Å². The van der Waals surface area contributed by atoms with Gasteiger partial charge < -0.3 is 20.1 Å². The molecular formula is C15H22N2O3. The number of nitrogens with one attached hydrogen (secondary N) is 1. The highest BCUT2D eigenvalue weighted by molar-refractivity contribution is 5.97. The molecule has 0 bridgehead atoms. The molecule has 1 amide bonds. The third kappa shape index (κ3) is 2.72. The van der Waals surface area contributed by atoms with E-state index in [1.807, 2.05) is 7.05 Å². The highest BCUT2D eigenvalue weighted by Crippen LogP contribution is 2.31. The van der Waals surface area contributed by atoms with Crippen molar-refractivity contribution in [1.82, 2.24) is 10.2 Å². The van der Waals surface area contributed by atoms with Crippen molar-refractivity contribution >= 4 is 5.91 Å². The van der Waals surface area contributed by atoms with Gasteiger partial charge in [-0.25, -0.2) is 0 Å². The number of rotatable bonds is 3. The number of phenolic OH excluding ortho intramolecular Hbond substituents is 1. The molecule has 1 aromatic rings. The summed E-state index contributed by atoms with van der Waals surface area (Å²) in [6.07, 6.45) is 0.925. The molecule has 1 saturated heterocycles. The van der Waals surface area contributed by atoms with Crippen LogP contribution in [0.25, 0.3) is 0 Å². The van der Waals surface area contributed by atoms with E-state index in [0.717, 1.165) is 6.42 Å². The van der Waals surface area contributed by atoms with Crippen LogP contribution < -0.4 is 10.1 Å². The molecule has 5 heteroatoms. The number of phenols is 1. The van der Waals surface area contributed by atoms with E-state index in [2.05, 4.69) is 12.2 Å². The average Bonchev–Trinajstić information content (AvgIpc) is 2.46. The first-order chi connectivity index (χ1) is 9.58. The quantitative estimate of drug-likeness (QED) is 0.879. The van der Waals surface area contributed by atoms with Gasteiger partial charge in [0.25, 0.3) is 5.91 Å². The van der Waals surface area contributed by atoms with Gasteiger partial charge in [-0.2, -0.15) is 0 Å². The van der Waals surface area contributed by atoms with Gasteiger partial charge in [0.15, 0.2) is 11.5 Å². The predicted octanol–water partition coefficient (Wildman–Crippen LogP) is 1.47. The third-order valence-corrected chi connectivity index (χ3v) is 4.01. The number of carbonyl (C=O) groups is 1. The van der Waals surface area contributed by atoms with Crippen molar-refractivity contribution < 1.29 is 14.6 Å². The Labute approximate surface area is 119 Å². The molecule has 0 radical (unpaired) electrons. The minimum atomic E-state index is -0.136. The molecule has 2 unspecified atom stereocenters. The largest absolute Gasteiger partial charge is 0.504 e. The molecule has 2 N–H and O–H groups in total. The number of ether oxygens (including phenoxy) is 1. The van der Waals surface area contributed by atoms with Gasteiger partial charge in [0.05, 0.1) is 12.7 Å². The van der Waals surface area contributed by atoms with Crippen LogP contribution >= 0.6 is 0 Å². The van der Waals surface area contributed by atoms with E-state index in [9.17, 15) is 9.90 Å². The topological polar surface area (TPSA) is 61.8 Å². The average molecular weight is 278 g/mol. The maximum Gasteiger partial charge on any atom is 0.257 e.